The van der Waals surface area contributed by atoms with Crippen LogP contribution in [0.25, 0.3) is 0 Å². The molecule has 3 heteroatoms. The molecule has 2 aliphatic carbocycles. The van der Waals surface area contributed by atoms with Crippen LogP contribution >= 0.6 is 0 Å². The van der Waals surface area contributed by atoms with Crippen LogP contribution in [-0.4, -0.2) is 16.5 Å². The Balaban J connectivity index is 1.39. The van der Waals surface area contributed by atoms with Gasteiger partial charge in [-0.25, -0.2) is 4.98 Å². The van der Waals surface area contributed by atoms with Gasteiger partial charge >= 0.3 is 0 Å². The second-order valence-corrected chi connectivity index (χ2v) is 5.88. The molecule has 0 amide bonds. The molecule has 0 unspecified atom stereocenters. The molecule has 0 aliphatic heterocycles. The van der Waals surface area contributed by atoms with Gasteiger partial charge in [0, 0.05) is 17.8 Å². The molecule has 2 aliphatic rings. The predicted octanol–water partition coefficient (Wildman–Crippen LogP) is 2.40. The topological polar surface area (TPSA) is 40.7 Å². The van der Waals surface area contributed by atoms with Crippen molar-refractivity contribution < 1.29 is 0 Å². The summed E-state index contributed by atoms with van der Waals surface area (Å²) in [5, 5.41) is 3.54. The molecule has 2 N–H and O–H groups in total. The third kappa shape index (κ3) is 1.80. The molecule has 0 bridgehead atoms. The third-order valence-corrected chi connectivity index (χ3v) is 4.86. The number of nitrogens with zero attached hydrogens (tertiary/aromatic N) is 1. The number of hydrogen-bond acceptors (Lipinski definition) is 2. The highest BCUT2D eigenvalue weighted by Crippen LogP contribution is 2.61. The number of aryl methyl sites for hydroxylation is 1. The van der Waals surface area contributed by atoms with Gasteiger partial charge in [0.1, 0.15) is 5.82 Å². The summed E-state index contributed by atoms with van der Waals surface area (Å²) in [6.07, 6.45) is 7.66. The van der Waals surface area contributed by atoms with E-state index in [1.807, 2.05) is 12.4 Å². The maximum atomic E-state index is 4.24. The SMILES string of the molecule is c1ccc2c(c1)CC[C@@]21C[C@@H]1CNCc1ncc[nH]1. The smallest absolute Gasteiger partial charge is 0.120 e. The molecule has 1 saturated carbocycles. The van der Waals surface area contributed by atoms with Crippen LogP contribution in [-0.2, 0) is 18.4 Å². The van der Waals surface area contributed by atoms with Gasteiger partial charge in [-0.15, -0.1) is 0 Å². The Morgan fingerprint density at radius 2 is 2.32 bits per heavy atom. The highest BCUT2D eigenvalue weighted by Gasteiger charge is 2.57. The summed E-state index contributed by atoms with van der Waals surface area (Å²) in [5.41, 5.74) is 3.71. The van der Waals surface area contributed by atoms with Gasteiger partial charge in [0.25, 0.3) is 0 Å². The third-order valence-electron chi connectivity index (χ3n) is 4.86. The summed E-state index contributed by atoms with van der Waals surface area (Å²) in [4.78, 5) is 7.37. The fraction of sp³-hybridized carbons (Fsp3) is 0.438. The van der Waals surface area contributed by atoms with Gasteiger partial charge in [-0.05, 0) is 42.9 Å². The number of aromatic amines is 1. The Morgan fingerprint density at radius 3 is 3.21 bits per heavy atom. The van der Waals surface area contributed by atoms with E-state index in [4.69, 9.17) is 0 Å². The van der Waals surface area contributed by atoms with Crippen LogP contribution in [0, 0.1) is 5.92 Å². The minimum Gasteiger partial charge on any atom is -0.348 e. The Bertz CT molecular complexity index is 575. The Labute approximate surface area is 113 Å². The fourth-order valence-corrected chi connectivity index (χ4v) is 3.76. The van der Waals surface area contributed by atoms with Crippen molar-refractivity contribution in [1.82, 2.24) is 15.3 Å². The summed E-state index contributed by atoms with van der Waals surface area (Å²) in [6, 6.07) is 9.01. The molecule has 1 spiro atoms. The van der Waals surface area contributed by atoms with Crippen molar-refractivity contribution in [2.24, 2.45) is 5.92 Å². The van der Waals surface area contributed by atoms with E-state index in [9.17, 15) is 0 Å². The lowest BCUT2D eigenvalue weighted by Gasteiger charge is -2.11. The number of benzene rings is 1. The highest BCUT2D eigenvalue weighted by molar-refractivity contribution is 5.45. The van der Waals surface area contributed by atoms with Crippen LogP contribution in [0.15, 0.2) is 36.7 Å². The number of hydrogen-bond donors (Lipinski definition) is 2. The van der Waals surface area contributed by atoms with Gasteiger partial charge < -0.3 is 10.3 Å². The quantitative estimate of drug-likeness (QED) is 0.878. The van der Waals surface area contributed by atoms with E-state index in [0.717, 1.165) is 24.8 Å². The number of nitrogens with one attached hydrogen (secondary N) is 2. The molecular formula is C16H19N3. The number of aromatic nitrogens is 2. The number of H-pyrrole nitrogens is 1. The van der Waals surface area contributed by atoms with Crippen molar-refractivity contribution in [3.63, 3.8) is 0 Å². The van der Waals surface area contributed by atoms with Gasteiger partial charge in [0.05, 0.1) is 6.54 Å². The number of fused-ring (bicyclic) bond motifs is 2. The molecule has 0 saturated heterocycles. The predicted molar refractivity (Wildman–Crippen MR) is 74.8 cm³/mol. The van der Waals surface area contributed by atoms with Crippen LogP contribution in [0.4, 0.5) is 0 Å². The molecular weight excluding hydrogens is 234 g/mol. The Hall–Kier alpha value is -1.61. The zero-order valence-corrected chi connectivity index (χ0v) is 11.0. The van der Waals surface area contributed by atoms with Crippen molar-refractivity contribution in [3.8, 4) is 0 Å². The normalized spacial score (nSPS) is 27.7. The average molecular weight is 253 g/mol. The first-order valence-electron chi connectivity index (χ1n) is 7.16. The minimum atomic E-state index is 0.507. The highest BCUT2D eigenvalue weighted by atomic mass is 15.0. The standard InChI is InChI=1S/C16H19N3/c1-2-4-14-12(3-1)5-6-16(14)9-13(16)10-17-11-15-18-7-8-19-15/h1-4,7-8,13,17H,5-6,9-11H2,(H,18,19)/t13-,16+/m1/s1. The Kier molecular flexibility index (Phi) is 2.49. The van der Waals surface area contributed by atoms with E-state index < -0.39 is 0 Å². The molecule has 1 heterocycles. The Morgan fingerprint density at radius 1 is 1.37 bits per heavy atom. The summed E-state index contributed by atoms with van der Waals surface area (Å²) < 4.78 is 0. The molecule has 2 atom stereocenters. The van der Waals surface area contributed by atoms with Crippen LogP contribution in [0.2, 0.25) is 0 Å². The first-order chi connectivity index (χ1) is 9.38. The lowest BCUT2D eigenvalue weighted by atomic mass is 9.95. The van der Waals surface area contributed by atoms with Crippen molar-refractivity contribution in [2.75, 3.05) is 6.54 Å². The van der Waals surface area contributed by atoms with Crippen molar-refractivity contribution in [2.45, 2.75) is 31.2 Å². The second-order valence-electron chi connectivity index (χ2n) is 5.88. The van der Waals surface area contributed by atoms with Crippen LogP contribution in [0.5, 0.6) is 0 Å². The van der Waals surface area contributed by atoms with E-state index >= 15 is 0 Å². The molecule has 3 nitrogen and oxygen atoms in total. The summed E-state index contributed by atoms with van der Waals surface area (Å²) in [6.45, 7) is 1.95. The van der Waals surface area contributed by atoms with Crippen LogP contribution in [0.1, 0.15) is 29.8 Å². The van der Waals surface area contributed by atoms with E-state index in [2.05, 4.69) is 39.6 Å². The lowest BCUT2D eigenvalue weighted by Crippen LogP contribution is -2.20. The molecule has 2 aromatic rings. The van der Waals surface area contributed by atoms with Gasteiger partial charge in [-0.3, -0.25) is 0 Å². The summed E-state index contributed by atoms with van der Waals surface area (Å²) >= 11 is 0. The minimum absolute atomic E-state index is 0.507. The van der Waals surface area contributed by atoms with Crippen LogP contribution in [0.3, 0.4) is 0 Å². The van der Waals surface area contributed by atoms with Crippen molar-refractivity contribution >= 4 is 0 Å². The van der Waals surface area contributed by atoms with Crippen molar-refractivity contribution in [3.05, 3.63) is 53.6 Å². The second kappa shape index (κ2) is 4.20. The maximum Gasteiger partial charge on any atom is 0.120 e. The van der Waals surface area contributed by atoms with E-state index in [1.54, 1.807) is 11.1 Å². The van der Waals surface area contributed by atoms with E-state index in [0.29, 0.717) is 5.41 Å². The molecule has 4 rings (SSSR count). The van der Waals surface area contributed by atoms with Gasteiger partial charge in [0.15, 0.2) is 0 Å². The molecule has 1 aromatic heterocycles. The first-order valence-corrected chi connectivity index (χ1v) is 7.16. The summed E-state index contributed by atoms with van der Waals surface area (Å²) in [5.74, 6) is 1.84. The van der Waals surface area contributed by atoms with Crippen molar-refractivity contribution in [1.29, 1.82) is 0 Å². The van der Waals surface area contributed by atoms with E-state index in [1.165, 1.54) is 19.3 Å². The zero-order valence-electron chi connectivity index (χ0n) is 11.0. The molecule has 1 fully saturated rings. The van der Waals surface area contributed by atoms with E-state index in [-0.39, 0.29) is 0 Å². The van der Waals surface area contributed by atoms with Crippen LogP contribution < -0.4 is 5.32 Å². The number of rotatable bonds is 4. The lowest BCUT2D eigenvalue weighted by molar-refractivity contribution is 0.542. The largest absolute Gasteiger partial charge is 0.348 e. The fourth-order valence-electron chi connectivity index (χ4n) is 3.76. The monoisotopic (exact) mass is 253 g/mol. The molecule has 98 valence electrons. The molecule has 1 aromatic carbocycles. The van der Waals surface area contributed by atoms with Gasteiger partial charge in [-0.1, -0.05) is 24.3 Å². The zero-order chi connectivity index (χ0) is 12.7. The molecule has 0 radical (unpaired) electrons. The van der Waals surface area contributed by atoms with Gasteiger partial charge in [-0.2, -0.15) is 0 Å². The molecule has 19 heavy (non-hydrogen) atoms. The van der Waals surface area contributed by atoms with Gasteiger partial charge in [0.2, 0.25) is 0 Å². The first kappa shape index (κ1) is 11.2. The average Bonchev–Trinajstić information content (AvgIpc) is 2.79. The number of imidazole rings is 1. The maximum absolute atomic E-state index is 4.24. The summed E-state index contributed by atoms with van der Waals surface area (Å²) in [7, 11) is 0.